The summed E-state index contributed by atoms with van der Waals surface area (Å²) in [5.74, 6) is -0.924. The van der Waals surface area contributed by atoms with E-state index in [1.807, 2.05) is 25.1 Å². The van der Waals surface area contributed by atoms with Crippen molar-refractivity contribution in [3.05, 3.63) is 29.3 Å². The van der Waals surface area contributed by atoms with E-state index in [1.54, 1.807) is 17.0 Å². The second kappa shape index (κ2) is 5.40. The quantitative estimate of drug-likeness (QED) is 0.890. The van der Waals surface area contributed by atoms with Gasteiger partial charge in [-0.25, -0.2) is 4.79 Å². The fraction of sp³-hybridized carbons (Fsp3) is 0.429. The highest BCUT2D eigenvalue weighted by molar-refractivity contribution is 5.99. The molecular weight excluding hydrogens is 244 g/mol. The van der Waals surface area contributed by atoms with Crippen molar-refractivity contribution in [3.63, 3.8) is 0 Å². The van der Waals surface area contributed by atoms with Gasteiger partial charge in [-0.1, -0.05) is 6.07 Å². The molecule has 5 heteroatoms. The van der Waals surface area contributed by atoms with Crippen LogP contribution in [-0.4, -0.2) is 49.1 Å². The third-order valence-corrected chi connectivity index (χ3v) is 3.23. The Kier molecular flexibility index (Phi) is 3.85. The Morgan fingerprint density at radius 1 is 1.37 bits per heavy atom. The number of carboxylic acids is 1. The fourth-order valence-electron chi connectivity index (χ4n) is 2.44. The Morgan fingerprint density at radius 2 is 2.11 bits per heavy atom. The van der Waals surface area contributed by atoms with E-state index in [-0.39, 0.29) is 5.91 Å². The highest BCUT2D eigenvalue weighted by Crippen LogP contribution is 2.30. The van der Waals surface area contributed by atoms with Gasteiger partial charge in [-0.15, -0.1) is 0 Å². The van der Waals surface area contributed by atoms with E-state index in [0.717, 1.165) is 17.7 Å². The first-order valence-electron chi connectivity index (χ1n) is 6.31. The van der Waals surface area contributed by atoms with Crippen LogP contribution in [0, 0.1) is 0 Å². The molecule has 2 rings (SSSR count). The summed E-state index contributed by atoms with van der Waals surface area (Å²) in [6.07, 6.45) is 1.51. The number of nitrogens with zero attached hydrogens (tertiary/aromatic N) is 2. The molecule has 19 heavy (non-hydrogen) atoms. The summed E-state index contributed by atoms with van der Waals surface area (Å²) >= 11 is 0. The first kappa shape index (κ1) is 13.5. The number of fused-ring (bicyclic) bond motifs is 1. The van der Waals surface area contributed by atoms with Gasteiger partial charge in [0.25, 0.3) is 0 Å². The van der Waals surface area contributed by atoms with Crippen molar-refractivity contribution in [1.29, 1.82) is 0 Å². The Bertz CT molecular complexity index is 511. The predicted molar refractivity (Wildman–Crippen MR) is 72.6 cm³/mol. The van der Waals surface area contributed by atoms with Crippen molar-refractivity contribution in [2.75, 3.05) is 32.1 Å². The number of rotatable bonds is 3. The maximum absolute atomic E-state index is 12.2. The highest BCUT2D eigenvalue weighted by atomic mass is 16.4. The highest BCUT2D eigenvalue weighted by Gasteiger charge is 2.25. The van der Waals surface area contributed by atoms with Crippen LogP contribution in [0.15, 0.2) is 18.2 Å². The molecule has 1 N–H and O–H groups in total. The lowest BCUT2D eigenvalue weighted by atomic mass is 9.96. The molecule has 0 atom stereocenters. The van der Waals surface area contributed by atoms with E-state index in [1.165, 1.54) is 0 Å². The summed E-state index contributed by atoms with van der Waals surface area (Å²) in [6.45, 7) is 0.986. The van der Waals surface area contributed by atoms with Crippen molar-refractivity contribution < 1.29 is 14.7 Å². The Balaban J connectivity index is 2.37. The van der Waals surface area contributed by atoms with Crippen molar-refractivity contribution in [1.82, 2.24) is 4.90 Å². The molecule has 0 saturated heterocycles. The van der Waals surface area contributed by atoms with Gasteiger partial charge < -0.3 is 14.9 Å². The number of hydrogen-bond acceptors (Lipinski definition) is 3. The van der Waals surface area contributed by atoms with Gasteiger partial charge in [-0.05, 0) is 44.6 Å². The first-order valence-corrected chi connectivity index (χ1v) is 6.31. The molecule has 1 aliphatic rings. The Morgan fingerprint density at radius 3 is 2.74 bits per heavy atom. The van der Waals surface area contributed by atoms with Crippen LogP contribution >= 0.6 is 0 Å². The van der Waals surface area contributed by atoms with Crippen LogP contribution in [0.2, 0.25) is 0 Å². The molecule has 0 bridgehead atoms. The van der Waals surface area contributed by atoms with Gasteiger partial charge in [0.2, 0.25) is 5.91 Å². The predicted octanol–water partition coefficient (Wildman–Crippen LogP) is 1.23. The molecule has 1 aromatic rings. The minimum atomic E-state index is -0.932. The molecule has 1 aromatic carbocycles. The van der Waals surface area contributed by atoms with Gasteiger partial charge >= 0.3 is 5.97 Å². The molecule has 1 heterocycles. The lowest BCUT2D eigenvalue weighted by molar-refractivity contribution is -0.119. The number of benzene rings is 1. The van der Waals surface area contributed by atoms with E-state index in [0.29, 0.717) is 25.1 Å². The lowest BCUT2D eigenvalue weighted by Crippen LogP contribution is -2.41. The average Bonchev–Trinajstić information content (AvgIpc) is 2.36. The maximum Gasteiger partial charge on any atom is 0.336 e. The second-order valence-corrected chi connectivity index (χ2v) is 5.00. The second-order valence-electron chi connectivity index (χ2n) is 5.00. The Hall–Kier alpha value is -1.88. The van der Waals surface area contributed by atoms with Crippen molar-refractivity contribution in [3.8, 4) is 0 Å². The van der Waals surface area contributed by atoms with Crippen LogP contribution in [0.4, 0.5) is 5.69 Å². The van der Waals surface area contributed by atoms with Gasteiger partial charge in [0.05, 0.1) is 12.1 Å². The summed E-state index contributed by atoms with van der Waals surface area (Å²) in [5, 5.41) is 9.20. The zero-order valence-corrected chi connectivity index (χ0v) is 11.2. The van der Waals surface area contributed by atoms with Crippen molar-refractivity contribution >= 4 is 17.6 Å². The summed E-state index contributed by atoms with van der Waals surface area (Å²) in [5.41, 5.74) is 1.83. The van der Waals surface area contributed by atoms with Gasteiger partial charge in [0.15, 0.2) is 0 Å². The van der Waals surface area contributed by atoms with Crippen LogP contribution in [0.25, 0.3) is 0 Å². The fourth-order valence-corrected chi connectivity index (χ4v) is 2.44. The van der Waals surface area contributed by atoms with Crippen LogP contribution in [0.1, 0.15) is 22.3 Å². The van der Waals surface area contributed by atoms with E-state index in [2.05, 4.69) is 0 Å². The number of anilines is 1. The van der Waals surface area contributed by atoms with E-state index >= 15 is 0 Å². The molecule has 1 aliphatic heterocycles. The normalized spacial score (nSPS) is 14.4. The summed E-state index contributed by atoms with van der Waals surface area (Å²) in [6, 6.07) is 5.12. The summed E-state index contributed by atoms with van der Waals surface area (Å²) in [4.78, 5) is 26.9. The number of likely N-dealkylation sites (N-methyl/N-ethyl adjacent to an activating group) is 1. The van der Waals surface area contributed by atoms with Crippen LogP contribution in [0.5, 0.6) is 0 Å². The monoisotopic (exact) mass is 262 g/mol. The zero-order valence-electron chi connectivity index (χ0n) is 11.2. The number of amides is 1. The van der Waals surface area contributed by atoms with Crippen LogP contribution < -0.4 is 4.90 Å². The number of hydrogen-bond donors (Lipinski definition) is 1. The lowest BCUT2D eigenvalue weighted by Gasteiger charge is -2.31. The summed E-state index contributed by atoms with van der Waals surface area (Å²) in [7, 11) is 3.69. The molecule has 5 nitrogen and oxygen atoms in total. The third-order valence-electron chi connectivity index (χ3n) is 3.23. The molecule has 0 aromatic heterocycles. The maximum atomic E-state index is 12.2. The SMILES string of the molecule is CN(C)CC(=O)N1CCCc2c(C(=O)O)cccc21. The van der Waals surface area contributed by atoms with Crippen molar-refractivity contribution in [2.45, 2.75) is 12.8 Å². The molecule has 102 valence electrons. The number of aromatic carboxylic acids is 1. The van der Waals surface area contributed by atoms with Crippen LogP contribution in [-0.2, 0) is 11.2 Å². The standard InChI is InChI=1S/C14H18N2O3/c1-15(2)9-13(17)16-8-4-6-10-11(14(18)19)5-3-7-12(10)16/h3,5,7H,4,6,8-9H2,1-2H3,(H,18,19). The Labute approximate surface area is 112 Å². The minimum absolute atomic E-state index is 0.00786. The third kappa shape index (κ3) is 2.76. The molecule has 0 spiro atoms. The molecule has 0 saturated carbocycles. The zero-order chi connectivity index (χ0) is 14.0. The topological polar surface area (TPSA) is 60.9 Å². The average molecular weight is 262 g/mol. The van der Waals surface area contributed by atoms with Crippen molar-refractivity contribution in [2.24, 2.45) is 0 Å². The minimum Gasteiger partial charge on any atom is -0.478 e. The van der Waals surface area contributed by atoms with Gasteiger partial charge in [0.1, 0.15) is 0 Å². The largest absolute Gasteiger partial charge is 0.478 e. The number of carbonyl (C=O) groups excluding carboxylic acids is 1. The first-order chi connectivity index (χ1) is 9.00. The molecule has 0 radical (unpaired) electrons. The molecular formula is C14H18N2O3. The summed E-state index contributed by atoms with van der Waals surface area (Å²) < 4.78 is 0. The number of carboxylic acid groups (broad SMARTS) is 1. The molecule has 0 fully saturated rings. The van der Waals surface area contributed by atoms with E-state index < -0.39 is 5.97 Å². The van der Waals surface area contributed by atoms with E-state index in [4.69, 9.17) is 0 Å². The smallest absolute Gasteiger partial charge is 0.336 e. The van der Waals surface area contributed by atoms with Gasteiger partial charge in [0, 0.05) is 12.2 Å². The molecule has 0 aliphatic carbocycles. The molecule has 1 amide bonds. The molecule has 0 unspecified atom stereocenters. The van der Waals surface area contributed by atoms with Crippen LogP contribution in [0.3, 0.4) is 0 Å². The van der Waals surface area contributed by atoms with Gasteiger partial charge in [-0.2, -0.15) is 0 Å². The number of carbonyl (C=O) groups is 2. The van der Waals surface area contributed by atoms with Gasteiger partial charge in [-0.3, -0.25) is 4.79 Å². The van der Waals surface area contributed by atoms with E-state index in [9.17, 15) is 14.7 Å².